The van der Waals surface area contributed by atoms with Crippen LogP contribution in [0.15, 0.2) is 23.1 Å². The summed E-state index contributed by atoms with van der Waals surface area (Å²) in [5, 5.41) is 0. The van der Waals surface area contributed by atoms with Crippen LogP contribution in [-0.2, 0) is 24.8 Å². The van der Waals surface area contributed by atoms with Crippen LogP contribution < -0.4 is 4.31 Å². The number of anilines is 1. The average Bonchev–Trinajstić information content (AvgIpc) is 2.71. The Bertz CT molecular complexity index is 945. The predicted molar refractivity (Wildman–Crippen MR) is 98.8 cm³/mol. The van der Waals surface area contributed by atoms with Gasteiger partial charge in [0.25, 0.3) is 0 Å². The molecule has 0 radical (unpaired) electrons. The lowest BCUT2D eigenvalue weighted by molar-refractivity contribution is -0.123. The second-order valence-corrected chi connectivity index (χ2v) is 11.3. The van der Waals surface area contributed by atoms with Crippen LogP contribution in [-0.4, -0.2) is 45.9 Å². The molecule has 0 N–H and O–H groups in total. The standard InChI is InChI=1S/C17H24N2O5S2/c1-13-11-14(19-16(20)17(2,3)12-25(19,21)22)7-8-15(13)26(23,24)18-9-5-4-6-10-18/h7-8,11H,4-6,9-10,12H2,1-3H3. The maximum atomic E-state index is 12.9. The van der Waals surface area contributed by atoms with E-state index >= 15 is 0 Å². The van der Waals surface area contributed by atoms with Gasteiger partial charge in [0, 0.05) is 13.1 Å². The first kappa shape index (κ1) is 19.3. The number of carbonyl (C=O) groups excluding carboxylic acids is 1. The molecule has 26 heavy (non-hydrogen) atoms. The molecule has 0 spiro atoms. The first-order valence-corrected chi connectivity index (χ1v) is 11.7. The zero-order chi connectivity index (χ0) is 19.3. The number of benzene rings is 1. The summed E-state index contributed by atoms with van der Waals surface area (Å²) in [6.45, 7) is 5.80. The van der Waals surface area contributed by atoms with Crippen LogP contribution in [0.4, 0.5) is 5.69 Å². The topological polar surface area (TPSA) is 91.8 Å². The van der Waals surface area contributed by atoms with Gasteiger partial charge in [-0.15, -0.1) is 0 Å². The third-order valence-corrected chi connectivity index (χ3v) is 8.99. The molecule has 2 saturated heterocycles. The fraction of sp³-hybridized carbons (Fsp3) is 0.588. The molecule has 2 aliphatic rings. The average molecular weight is 401 g/mol. The van der Waals surface area contributed by atoms with Crippen molar-refractivity contribution in [2.24, 2.45) is 5.41 Å². The molecule has 0 aromatic heterocycles. The molecule has 0 aliphatic carbocycles. The third-order valence-electron chi connectivity index (χ3n) is 4.91. The Kier molecular flexibility index (Phi) is 4.69. The minimum Gasteiger partial charge on any atom is -0.273 e. The summed E-state index contributed by atoms with van der Waals surface area (Å²) in [4.78, 5) is 12.7. The summed E-state index contributed by atoms with van der Waals surface area (Å²) in [5.74, 6) is -0.755. The van der Waals surface area contributed by atoms with E-state index in [1.165, 1.54) is 22.5 Å². The van der Waals surface area contributed by atoms with Gasteiger partial charge in [0.2, 0.25) is 26.0 Å². The first-order chi connectivity index (χ1) is 12.0. The summed E-state index contributed by atoms with van der Waals surface area (Å²) in [5.41, 5.74) is -0.373. The largest absolute Gasteiger partial charge is 0.273 e. The van der Waals surface area contributed by atoms with Crippen LogP contribution in [0.5, 0.6) is 0 Å². The summed E-state index contributed by atoms with van der Waals surface area (Å²) in [7, 11) is -7.38. The van der Waals surface area contributed by atoms with Crippen LogP contribution in [0, 0.1) is 12.3 Å². The zero-order valence-electron chi connectivity index (χ0n) is 15.2. The van der Waals surface area contributed by atoms with Crippen molar-refractivity contribution in [2.45, 2.75) is 44.9 Å². The van der Waals surface area contributed by atoms with E-state index in [-0.39, 0.29) is 16.3 Å². The number of hydrogen-bond donors (Lipinski definition) is 0. The fourth-order valence-electron chi connectivity index (χ4n) is 3.56. The normalized spacial score (nSPS) is 23.3. The lowest BCUT2D eigenvalue weighted by atomic mass is 9.95. The summed E-state index contributed by atoms with van der Waals surface area (Å²) in [6.07, 6.45) is 2.70. The second kappa shape index (κ2) is 6.31. The Labute approximate surface area is 155 Å². The van der Waals surface area contributed by atoms with E-state index < -0.39 is 31.4 Å². The van der Waals surface area contributed by atoms with Gasteiger partial charge in [0.15, 0.2) is 0 Å². The Balaban J connectivity index is 2.00. The number of sulfonamides is 2. The molecule has 9 heteroatoms. The van der Waals surface area contributed by atoms with Gasteiger partial charge in [-0.1, -0.05) is 6.42 Å². The highest BCUT2D eigenvalue weighted by Gasteiger charge is 2.50. The zero-order valence-corrected chi connectivity index (χ0v) is 16.9. The molecule has 1 amide bonds. The number of hydrogen-bond acceptors (Lipinski definition) is 5. The SMILES string of the molecule is Cc1cc(N2C(=O)C(C)(C)CS2(=O)=O)ccc1S(=O)(=O)N1CCCCC1. The van der Waals surface area contributed by atoms with Crippen molar-refractivity contribution in [1.29, 1.82) is 0 Å². The lowest BCUT2D eigenvalue weighted by Gasteiger charge is -2.27. The van der Waals surface area contributed by atoms with Crippen LogP contribution in [0.1, 0.15) is 38.7 Å². The highest BCUT2D eigenvalue weighted by Crippen LogP contribution is 2.37. The first-order valence-electron chi connectivity index (χ1n) is 8.65. The van der Waals surface area contributed by atoms with Crippen molar-refractivity contribution < 1.29 is 21.6 Å². The summed E-state index contributed by atoms with van der Waals surface area (Å²) >= 11 is 0. The van der Waals surface area contributed by atoms with Crippen molar-refractivity contribution in [3.63, 3.8) is 0 Å². The van der Waals surface area contributed by atoms with Gasteiger partial charge in [-0.25, -0.2) is 21.1 Å². The summed E-state index contributed by atoms with van der Waals surface area (Å²) < 4.78 is 52.8. The highest BCUT2D eigenvalue weighted by atomic mass is 32.2. The number of nitrogens with zero attached hydrogens (tertiary/aromatic N) is 2. The molecule has 3 rings (SSSR count). The fourth-order valence-corrected chi connectivity index (χ4v) is 7.38. The van der Waals surface area contributed by atoms with E-state index in [2.05, 4.69) is 0 Å². The van der Waals surface area contributed by atoms with Crippen LogP contribution >= 0.6 is 0 Å². The van der Waals surface area contributed by atoms with Gasteiger partial charge in [0.05, 0.1) is 21.8 Å². The third kappa shape index (κ3) is 3.16. The number of aryl methyl sites for hydroxylation is 1. The van der Waals surface area contributed by atoms with E-state index in [1.54, 1.807) is 20.8 Å². The van der Waals surface area contributed by atoms with Crippen LogP contribution in [0.2, 0.25) is 0 Å². The molecule has 0 unspecified atom stereocenters. The second-order valence-electron chi connectivity index (χ2n) is 7.62. The Morgan fingerprint density at radius 2 is 1.69 bits per heavy atom. The molecular formula is C17H24N2O5S2. The number of rotatable bonds is 3. The highest BCUT2D eigenvalue weighted by molar-refractivity contribution is 7.94. The van der Waals surface area contributed by atoms with E-state index in [0.29, 0.717) is 18.7 Å². The Morgan fingerprint density at radius 3 is 2.19 bits per heavy atom. The molecule has 2 aliphatic heterocycles. The molecule has 2 fully saturated rings. The molecule has 144 valence electrons. The van der Waals surface area contributed by atoms with Crippen molar-refractivity contribution in [3.8, 4) is 0 Å². The van der Waals surface area contributed by atoms with Gasteiger partial charge in [-0.3, -0.25) is 4.79 Å². The minimum absolute atomic E-state index is 0.159. The van der Waals surface area contributed by atoms with Crippen LogP contribution in [0.25, 0.3) is 0 Å². The van der Waals surface area contributed by atoms with Crippen molar-refractivity contribution in [3.05, 3.63) is 23.8 Å². The van der Waals surface area contributed by atoms with Gasteiger partial charge < -0.3 is 0 Å². The van der Waals surface area contributed by atoms with Gasteiger partial charge in [-0.05, 0) is 57.4 Å². The minimum atomic E-state index is -3.76. The maximum Gasteiger partial charge on any atom is 0.247 e. The van der Waals surface area contributed by atoms with Gasteiger partial charge in [0.1, 0.15) is 0 Å². The number of carbonyl (C=O) groups is 1. The van der Waals surface area contributed by atoms with Crippen molar-refractivity contribution in [1.82, 2.24) is 4.31 Å². The van der Waals surface area contributed by atoms with Crippen LogP contribution in [0.3, 0.4) is 0 Å². The molecule has 0 saturated carbocycles. The molecule has 2 heterocycles. The van der Waals surface area contributed by atoms with E-state index in [1.807, 2.05) is 0 Å². The molecule has 1 aromatic rings. The van der Waals surface area contributed by atoms with Crippen molar-refractivity contribution in [2.75, 3.05) is 23.1 Å². The Hall–Kier alpha value is -1.45. The van der Waals surface area contributed by atoms with E-state index in [4.69, 9.17) is 0 Å². The molecule has 1 aromatic carbocycles. The van der Waals surface area contributed by atoms with E-state index in [0.717, 1.165) is 23.6 Å². The molecular weight excluding hydrogens is 376 g/mol. The number of piperidine rings is 1. The molecule has 0 atom stereocenters. The Morgan fingerprint density at radius 1 is 1.08 bits per heavy atom. The van der Waals surface area contributed by atoms with E-state index in [9.17, 15) is 21.6 Å². The molecule has 0 bridgehead atoms. The van der Waals surface area contributed by atoms with Gasteiger partial charge >= 0.3 is 0 Å². The summed E-state index contributed by atoms with van der Waals surface area (Å²) in [6, 6.07) is 4.27. The monoisotopic (exact) mass is 400 g/mol. The predicted octanol–water partition coefficient (Wildman–Crippen LogP) is 1.87. The quantitative estimate of drug-likeness (QED) is 0.772. The van der Waals surface area contributed by atoms with Crippen molar-refractivity contribution >= 4 is 31.6 Å². The number of amides is 1. The van der Waals surface area contributed by atoms with Gasteiger partial charge in [-0.2, -0.15) is 4.31 Å². The maximum absolute atomic E-state index is 12.9. The molecule has 7 nitrogen and oxygen atoms in total. The smallest absolute Gasteiger partial charge is 0.247 e. The lowest BCUT2D eigenvalue weighted by Crippen LogP contribution is -2.36.